The number of aryl methyl sites for hydroxylation is 1. The number of amides is 2. The number of benzene rings is 2. The van der Waals surface area contributed by atoms with Crippen LogP contribution in [0.4, 0.5) is 5.82 Å². The van der Waals surface area contributed by atoms with Gasteiger partial charge in [0.2, 0.25) is 0 Å². The first kappa shape index (κ1) is 22.3. The van der Waals surface area contributed by atoms with Crippen LogP contribution in [0.2, 0.25) is 0 Å². The van der Waals surface area contributed by atoms with Gasteiger partial charge in [-0.25, -0.2) is 4.79 Å². The first-order chi connectivity index (χ1) is 16.9. The lowest BCUT2D eigenvalue weighted by molar-refractivity contribution is 0.0569. The second-order valence-corrected chi connectivity index (χ2v) is 8.92. The second kappa shape index (κ2) is 8.72. The summed E-state index contributed by atoms with van der Waals surface area (Å²) < 4.78 is 1.42. The summed E-state index contributed by atoms with van der Waals surface area (Å²) in [6.07, 6.45) is 1.30. The first-order valence-electron chi connectivity index (χ1n) is 11.4. The minimum absolute atomic E-state index is 0.0993. The number of rotatable bonds is 4. The molecule has 0 bridgehead atoms. The Balaban J connectivity index is 1.48. The highest BCUT2D eigenvalue weighted by atomic mass is 16.2. The van der Waals surface area contributed by atoms with E-state index in [0.717, 1.165) is 5.56 Å². The van der Waals surface area contributed by atoms with Crippen LogP contribution in [0.25, 0.3) is 0 Å². The third kappa shape index (κ3) is 3.93. The fourth-order valence-corrected chi connectivity index (χ4v) is 4.94. The maximum absolute atomic E-state index is 13.1. The topological polar surface area (TPSA) is 119 Å². The molecule has 0 unspecified atom stereocenters. The van der Waals surface area contributed by atoms with Gasteiger partial charge in [0.15, 0.2) is 0 Å². The van der Waals surface area contributed by atoms with E-state index >= 15 is 0 Å². The van der Waals surface area contributed by atoms with Gasteiger partial charge in [0, 0.05) is 19.2 Å². The Morgan fingerprint density at radius 2 is 1.80 bits per heavy atom. The number of hydrogen-bond donors (Lipinski definition) is 1. The molecule has 0 radical (unpaired) electrons. The molecule has 5 rings (SSSR count). The summed E-state index contributed by atoms with van der Waals surface area (Å²) in [5.74, 6) is -0.237. The molecule has 3 heterocycles. The number of nitrogens with one attached hydrogen (secondary N) is 1. The van der Waals surface area contributed by atoms with Crippen LogP contribution in [0.3, 0.4) is 0 Å². The molecule has 1 saturated heterocycles. The summed E-state index contributed by atoms with van der Waals surface area (Å²) >= 11 is 0. The van der Waals surface area contributed by atoms with Gasteiger partial charge >= 0.3 is 5.69 Å². The van der Waals surface area contributed by atoms with Crippen molar-refractivity contribution < 1.29 is 9.59 Å². The summed E-state index contributed by atoms with van der Waals surface area (Å²) in [4.78, 5) is 56.8. The van der Waals surface area contributed by atoms with Gasteiger partial charge in [0.25, 0.3) is 17.4 Å². The quantitative estimate of drug-likeness (QED) is 0.584. The molecule has 3 aromatic rings. The zero-order valence-corrected chi connectivity index (χ0v) is 19.2. The van der Waals surface area contributed by atoms with Crippen molar-refractivity contribution in [3.8, 4) is 6.07 Å². The van der Waals surface area contributed by atoms with Crippen molar-refractivity contribution in [2.24, 2.45) is 0 Å². The normalized spacial score (nSPS) is 17.4. The number of H-pyrrole nitrogens is 1. The minimum Gasteiger partial charge on any atom is -0.356 e. The van der Waals surface area contributed by atoms with E-state index in [1.54, 1.807) is 36.4 Å². The van der Waals surface area contributed by atoms with E-state index in [1.165, 1.54) is 15.5 Å². The van der Waals surface area contributed by atoms with E-state index in [2.05, 4.69) is 11.1 Å². The van der Waals surface area contributed by atoms with Gasteiger partial charge < -0.3 is 4.90 Å². The zero-order valence-electron chi connectivity index (χ0n) is 19.2. The molecular weight excluding hydrogens is 446 g/mol. The van der Waals surface area contributed by atoms with Gasteiger partial charge in [0.05, 0.1) is 35.3 Å². The molecule has 2 aliphatic heterocycles. The fourth-order valence-electron chi connectivity index (χ4n) is 4.94. The van der Waals surface area contributed by atoms with E-state index in [1.807, 2.05) is 17.9 Å². The first-order valence-corrected chi connectivity index (χ1v) is 11.4. The smallest absolute Gasteiger partial charge is 0.330 e. The lowest BCUT2D eigenvalue weighted by atomic mass is 10.0. The summed E-state index contributed by atoms with van der Waals surface area (Å²) in [6, 6.07) is 15.3. The number of carbonyl (C=O) groups is 2. The number of anilines is 1. The van der Waals surface area contributed by atoms with Crippen molar-refractivity contribution in [3.05, 3.63) is 97.2 Å². The van der Waals surface area contributed by atoms with Crippen LogP contribution in [0.15, 0.2) is 58.1 Å². The third-order valence-corrected chi connectivity index (χ3v) is 6.64. The Kier molecular flexibility index (Phi) is 5.57. The van der Waals surface area contributed by atoms with Crippen molar-refractivity contribution in [1.82, 2.24) is 14.5 Å². The van der Waals surface area contributed by atoms with E-state index in [9.17, 15) is 24.4 Å². The number of nitrogens with zero attached hydrogens (tertiary/aromatic N) is 4. The lowest BCUT2D eigenvalue weighted by Gasteiger charge is -2.38. The monoisotopic (exact) mass is 469 g/mol. The minimum atomic E-state index is -0.585. The van der Waals surface area contributed by atoms with Gasteiger partial charge in [-0.3, -0.25) is 28.8 Å². The van der Waals surface area contributed by atoms with Gasteiger partial charge in [-0.2, -0.15) is 5.26 Å². The summed E-state index contributed by atoms with van der Waals surface area (Å²) in [5, 5.41) is 9.45. The molecule has 1 atom stereocenters. The fraction of sp³-hybridized carbons (Fsp3) is 0.269. The summed E-state index contributed by atoms with van der Waals surface area (Å²) in [7, 11) is 0. The number of hydrogen-bond acceptors (Lipinski definition) is 6. The Bertz CT molecular complexity index is 1510. The second-order valence-electron chi connectivity index (χ2n) is 8.92. The SMILES string of the molecule is Cc1ccc2c(c1)C(=O)N([C@@H]1CCCN(c3cc(=O)[nH]c(=O)n3Cc3ccccc3C#N)C1)C2=O. The summed E-state index contributed by atoms with van der Waals surface area (Å²) in [6.45, 7) is 2.83. The predicted molar refractivity (Wildman–Crippen MR) is 128 cm³/mol. The van der Waals surface area contributed by atoms with E-state index in [-0.39, 0.29) is 18.4 Å². The number of carbonyl (C=O) groups excluding carboxylic acids is 2. The van der Waals surface area contributed by atoms with Crippen molar-refractivity contribution in [2.45, 2.75) is 32.4 Å². The largest absolute Gasteiger partial charge is 0.356 e. The van der Waals surface area contributed by atoms with Gasteiger partial charge in [0.1, 0.15) is 5.82 Å². The molecule has 0 spiro atoms. The highest BCUT2D eigenvalue weighted by Crippen LogP contribution is 2.30. The Morgan fingerprint density at radius 1 is 1.03 bits per heavy atom. The van der Waals surface area contributed by atoms with Crippen LogP contribution >= 0.6 is 0 Å². The molecule has 2 amide bonds. The number of nitriles is 1. The van der Waals surface area contributed by atoms with Crippen molar-refractivity contribution in [2.75, 3.05) is 18.0 Å². The average Bonchev–Trinajstić information content (AvgIpc) is 3.10. The average molecular weight is 470 g/mol. The van der Waals surface area contributed by atoms with Crippen LogP contribution in [0, 0.1) is 18.3 Å². The number of fused-ring (bicyclic) bond motifs is 1. The van der Waals surface area contributed by atoms with Crippen LogP contribution in [-0.2, 0) is 6.54 Å². The van der Waals surface area contributed by atoms with Gasteiger partial charge in [-0.05, 0) is 43.5 Å². The highest BCUT2D eigenvalue weighted by molar-refractivity contribution is 6.21. The van der Waals surface area contributed by atoms with E-state index < -0.39 is 17.3 Å². The standard InChI is InChI=1S/C26H23N5O4/c1-16-8-9-20-21(11-16)25(34)31(24(20)33)19-7-4-10-29(15-19)23-12-22(32)28-26(35)30(23)14-18-6-3-2-5-17(18)13-27/h2-3,5-6,8-9,11-12,19H,4,7,10,14-15H2,1H3,(H,28,32,35)/t19-/m1/s1. The maximum Gasteiger partial charge on any atom is 0.330 e. The highest BCUT2D eigenvalue weighted by Gasteiger charge is 2.41. The lowest BCUT2D eigenvalue weighted by Crippen LogP contribution is -2.51. The molecule has 9 heteroatoms. The van der Waals surface area contributed by atoms with Crippen LogP contribution in [0.5, 0.6) is 0 Å². The molecular formula is C26H23N5O4. The van der Waals surface area contributed by atoms with Crippen LogP contribution < -0.4 is 16.1 Å². The third-order valence-electron chi connectivity index (χ3n) is 6.64. The number of aromatic nitrogens is 2. The molecule has 0 saturated carbocycles. The predicted octanol–water partition coefficient (Wildman–Crippen LogP) is 2.03. The van der Waals surface area contributed by atoms with Gasteiger partial charge in [-0.1, -0.05) is 29.8 Å². The summed E-state index contributed by atoms with van der Waals surface area (Å²) in [5.41, 5.74) is 1.69. The van der Waals surface area contributed by atoms with Crippen LogP contribution in [-0.4, -0.2) is 45.4 Å². The molecule has 9 nitrogen and oxygen atoms in total. The molecule has 0 aliphatic carbocycles. The molecule has 1 fully saturated rings. The van der Waals surface area contributed by atoms with Crippen molar-refractivity contribution in [3.63, 3.8) is 0 Å². The molecule has 1 aromatic heterocycles. The van der Waals surface area contributed by atoms with E-state index in [0.29, 0.717) is 54.0 Å². The van der Waals surface area contributed by atoms with Gasteiger partial charge in [-0.15, -0.1) is 0 Å². The molecule has 2 aliphatic rings. The molecule has 1 N–H and O–H groups in total. The van der Waals surface area contributed by atoms with Crippen molar-refractivity contribution >= 4 is 17.6 Å². The Labute approximate surface area is 200 Å². The molecule has 176 valence electrons. The Hall–Kier alpha value is -4.45. The molecule has 35 heavy (non-hydrogen) atoms. The number of imide groups is 1. The zero-order chi connectivity index (χ0) is 24.7. The maximum atomic E-state index is 13.1. The Morgan fingerprint density at radius 3 is 2.60 bits per heavy atom. The van der Waals surface area contributed by atoms with E-state index in [4.69, 9.17) is 0 Å². The molecule has 2 aromatic carbocycles. The number of piperidine rings is 1. The number of aromatic amines is 1. The van der Waals surface area contributed by atoms with Crippen LogP contribution in [0.1, 0.15) is 50.2 Å². The van der Waals surface area contributed by atoms with Crippen molar-refractivity contribution in [1.29, 1.82) is 5.26 Å².